The zero-order valence-corrected chi connectivity index (χ0v) is 18.8. The Labute approximate surface area is 192 Å². The molecule has 0 bridgehead atoms. The maximum Gasteiger partial charge on any atom is 0.255 e. The number of carbonyl (C=O) groups is 1. The Balaban J connectivity index is 1.36. The number of para-hydroxylation sites is 1. The predicted octanol–water partition coefficient (Wildman–Crippen LogP) is 4.29. The molecule has 1 amide bonds. The molecule has 0 radical (unpaired) electrons. The molecule has 32 heavy (non-hydrogen) atoms. The number of carbonyl (C=O) groups excluding carboxylic acids is 1. The molecule has 1 saturated carbocycles. The van der Waals surface area contributed by atoms with Crippen molar-refractivity contribution in [3.8, 4) is 5.75 Å². The summed E-state index contributed by atoms with van der Waals surface area (Å²) < 4.78 is 33.0. The molecule has 0 aliphatic heterocycles. The largest absolute Gasteiger partial charge is 0.488 e. The summed E-state index contributed by atoms with van der Waals surface area (Å²) in [6, 6.07) is 20.9. The SMILES string of the molecule is O=C(NCc1ccc(S(=O)(=O)NC2CC2)cc1)c1ccccc1OCc1ccc(Cl)cc1. The molecular weight excluding hydrogens is 448 g/mol. The number of halogens is 1. The van der Waals surface area contributed by atoms with Crippen molar-refractivity contribution in [1.82, 2.24) is 10.0 Å². The van der Waals surface area contributed by atoms with Crippen LogP contribution in [0.5, 0.6) is 5.75 Å². The van der Waals surface area contributed by atoms with E-state index in [1.54, 1.807) is 54.6 Å². The van der Waals surface area contributed by atoms with E-state index in [-0.39, 0.29) is 23.4 Å². The van der Waals surface area contributed by atoms with Crippen molar-refractivity contribution in [2.75, 3.05) is 0 Å². The highest BCUT2D eigenvalue weighted by atomic mass is 35.5. The van der Waals surface area contributed by atoms with Gasteiger partial charge in [0.1, 0.15) is 12.4 Å². The third-order valence-corrected chi connectivity index (χ3v) is 6.81. The first kappa shape index (κ1) is 22.3. The van der Waals surface area contributed by atoms with Crippen LogP contribution < -0.4 is 14.8 Å². The summed E-state index contributed by atoms with van der Waals surface area (Å²) in [4.78, 5) is 13.0. The molecule has 166 valence electrons. The quantitative estimate of drug-likeness (QED) is 0.488. The molecular formula is C24H23ClN2O4S. The van der Waals surface area contributed by atoms with Gasteiger partial charge in [0.15, 0.2) is 0 Å². The van der Waals surface area contributed by atoms with Gasteiger partial charge in [-0.15, -0.1) is 0 Å². The maximum absolute atomic E-state index is 12.7. The summed E-state index contributed by atoms with van der Waals surface area (Å²) in [7, 11) is -3.49. The standard InChI is InChI=1S/C24H23ClN2O4S/c25-19-9-5-18(6-10-19)16-31-23-4-2-1-3-22(23)24(28)26-15-17-7-13-21(14-8-17)32(29,30)27-20-11-12-20/h1-10,13-14,20,27H,11-12,15-16H2,(H,26,28). The molecule has 4 rings (SSSR count). The van der Waals surface area contributed by atoms with Crippen molar-refractivity contribution in [2.24, 2.45) is 0 Å². The maximum atomic E-state index is 12.7. The smallest absolute Gasteiger partial charge is 0.255 e. The average Bonchev–Trinajstić information content (AvgIpc) is 3.61. The zero-order valence-electron chi connectivity index (χ0n) is 17.3. The molecule has 0 spiro atoms. The van der Waals surface area contributed by atoms with Crippen molar-refractivity contribution in [3.63, 3.8) is 0 Å². The highest BCUT2D eigenvalue weighted by molar-refractivity contribution is 7.89. The van der Waals surface area contributed by atoms with Gasteiger partial charge in [-0.2, -0.15) is 0 Å². The highest BCUT2D eigenvalue weighted by Gasteiger charge is 2.27. The van der Waals surface area contributed by atoms with E-state index in [0.29, 0.717) is 22.9 Å². The second-order valence-electron chi connectivity index (χ2n) is 7.63. The predicted molar refractivity (Wildman–Crippen MR) is 123 cm³/mol. The molecule has 1 aliphatic carbocycles. The Hall–Kier alpha value is -2.87. The summed E-state index contributed by atoms with van der Waals surface area (Å²) in [5, 5.41) is 3.51. The number of nitrogens with one attached hydrogen (secondary N) is 2. The van der Waals surface area contributed by atoms with Gasteiger partial charge in [0.25, 0.3) is 5.91 Å². The first-order chi connectivity index (χ1) is 15.4. The van der Waals surface area contributed by atoms with Gasteiger partial charge in [0.2, 0.25) is 10.0 Å². The molecule has 1 fully saturated rings. The van der Waals surface area contributed by atoms with E-state index in [9.17, 15) is 13.2 Å². The molecule has 0 saturated heterocycles. The number of ether oxygens (including phenoxy) is 1. The van der Waals surface area contributed by atoms with E-state index in [1.807, 2.05) is 18.2 Å². The van der Waals surface area contributed by atoms with Crippen molar-refractivity contribution in [1.29, 1.82) is 0 Å². The normalized spacial score (nSPS) is 13.5. The van der Waals surface area contributed by atoms with Gasteiger partial charge >= 0.3 is 0 Å². The average molecular weight is 471 g/mol. The first-order valence-corrected chi connectivity index (χ1v) is 12.1. The second kappa shape index (κ2) is 9.73. The summed E-state index contributed by atoms with van der Waals surface area (Å²) in [6.45, 7) is 0.576. The number of amides is 1. The van der Waals surface area contributed by atoms with Crippen molar-refractivity contribution in [3.05, 3.63) is 94.5 Å². The lowest BCUT2D eigenvalue weighted by Crippen LogP contribution is -2.26. The molecule has 8 heteroatoms. The second-order valence-corrected chi connectivity index (χ2v) is 9.78. The third-order valence-electron chi connectivity index (χ3n) is 5.03. The molecule has 3 aromatic carbocycles. The Morgan fingerprint density at radius 3 is 2.28 bits per heavy atom. The van der Waals surface area contributed by atoms with Crippen LogP contribution in [0.15, 0.2) is 77.7 Å². The Bertz CT molecular complexity index is 1190. The Kier molecular flexibility index (Phi) is 6.79. The van der Waals surface area contributed by atoms with Crippen LogP contribution in [-0.4, -0.2) is 20.4 Å². The number of benzene rings is 3. The number of sulfonamides is 1. The highest BCUT2D eigenvalue weighted by Crippen LogP contribution is 2.23. The molecule has 0 aromatic heterocycles. The fraction of sp³-hybridized carbons (Fsp3) is 0.208. The lowest BCUT2D eigenvalue weighted by molar-refractivity contribution is 0.0946. The Morgan fingerprint density at radius 2 is 1.59 bits per heavy atom. The fourth-order valence-electron chi connectivity index (χ4n) is 3.07. The lowest BCUT2D eigenvalue weighted by atomic mass is 10.1. The van der Waals surface area contributed by atoms with E-state index >= 15 is 0 Å². The van der Waals surface area contributed by atoms with Crippen LogP contribution >= 0.6 is 11.6 Å². The van der Waals surface area contributed by atoms with Gasteiger partial charge in [0.05, 0.1) is 10.5 Å². The van der Waals surface area contributed by atoms with Crippen molar-refractivity contribution in [2.45, 2.75) is 36.9 Å². The van der Waals surface area contributed by atoms with Crippen LogP contribution in [0.4, 0.5) is 0 Å². The van der Waals surface area contributed by atoms with Gasteiger partial charge in [-0.3, -0.25) is 4.79 Å². The number of hydrogen-bond donors (Lipinski definition) is 2. The van der Waals surface area contributed by atoms with Crippen LogP contribution in [0.3, 0.4) is 0 Å². The Morgan fingerprint density at radius 1 is 0.938 bits per heavy atom. The van der Waals surface area contributed by atoms with E-state index in [4.69, 9.17) is 16.3 Å². The zero-order chi connectivity index (χ0) is 22.6. The van der Waals surface area contributed by atoms with Gasteiger partial charge in [-0.05, 0) is 60.4 Å². The minimum Gasteiger partial charge on any atom is -0.488 e. The van der Waals surface area contributed by atoms with E-state index in [2.05, 4.69) is 10.0 Å². The molecule has 0 unspecified atom stereocenters. The fourth-order valence-corrected chi connectivity index (χ4v) is 4.51. The summed E-state index contributed by atoms with van der Waals surface area (Å²) >= 11 is 5.91. The van der Waals surface area contributed by atoms with Crippen LogP contribution in [0.1, 0.15) is 34.3 Å². The molecule has 0 atom stereocenters. The first-order valence-electron chi connectivity index (χ1n) is 10.3. The van der Waals surface area contributed by atoms with E-state index in [1.165, 1.54) is 0 Å². The summed E-state index contributed by atoms with van der Waals surface area (Å²) in [5.41, 5.74) is 2.16. The summed E-state index contributed by atoms with van der Waals surface area (Å²) in [6.07, 6.45) is 1.77. The third kappa shape index (κ3) is 5.88. The number of rotatable bonds is 9. The van der Waals surface area contributed by atoms with Crippen molar-refractivity contribution < 1.29 is 17.9 Å². The van der Waals surface area contributed by atoms with E-state index in [0.717, 1.165) is 24.0 Å². The molecule has 0 heterocycles. The lowest BCUT2D eigenvalue weighted by Gasteiger charge is -2.12. The van der Waals surface area contributed by atoms with Gasteiger partial charge < -0.3 is 10.1 Å². The van der Waals surface area contributed by atoms with Gasteiger partial charge in [0, 0.05) is 17.6 Å². The van der Waals surface area contributed by atoms with Crippen LogP contribution in [0, 0.1) is 0 Å². The van der Waals surface area contributed by atoms with Gasteiger partial charge in [-0.25, -0.2) is 13.1 Å². The van der Waals surface area contributed by atoms with Crippen LogP contribution in [-0.2, 0) is 23.2 Å². The van der Waals surface area contributed by atoms with Crippen LogP contribution in [0.25, 0.3) is 0 Å². The molecule has 6 nitrogen and oxygen atoms in total. The minimum absolute atomic E-state index is 0.0564. The van der Waals surface area contributed by atoms with Crippen LogP contribution in [0.2, 0.25) is 5.02 Å². The minimum atomic E-state index is -3.49. The summed E-state index contributed by atoms with van der Waals surface area (Å²) in [5.74, 6) is 0.205. The van der Waals surface area contributed by atoms with Gasteiger partial charge in [-0.1, -0.05) is 48.0 Å². The number of hydrogen-bond acceptors (Lipinski definition) is 4. The monoisotopic (exact) mass is 470 g/mol. The van der Waals surface area contributed by atoms with Crippen molar-refractivity contribution >= 4 is 27.5 Å². The van der Waals surface area contributed by atoms with E-state index < -0.39 is 10.0 Å². The molecule has 1 aliphatic rings. The topological polar surface area (TPSA) is 84.5 Å². The molecule has 2 N–H and O–H groups in total. The molecule has 3 aromatic rings.